The van der Waals surface area contributed by atoms with Gasteiger partial charge in [0, 0.05) is 35.5 Å². The number of benzene rings is 1. The molecule has 0 saturated heterocycles. The fourth-order valence-corrected chi connectivity index (χ4v) is 3.02. The summed E-state index contributed by atoms with van der Waals surface area (Å²) in [5, 5.41) is 2.81. The molecule has 146 valence electrons. The smallest absolute Gasteiger partial charge is 0.234 e. The third-order valence-electron chi connectivity index (χ3n) is 3.56. The average Bonchev–Trinajstić information content (AvgIpc) is 2.67. The van der Waals surface area contributed by atoms with E-state index in [1.54, 1.807) is 38.6 Å². The number of anilines is 1. The van der Waals surface area contributed by atoms with Crippen LogP contribution in [0, 0.1) is 0 Å². The molecular weight excluding hydrogens is 368 g/mol. The lowest BCUT2D eigenvalue weighted by Crippen LogP contribution is -2.14. The highest BCUT2D eigenvalue weighted by Gasteiger charge is 2.08. The minimum absolute atomic E-state index is 0.141. The maximum absolute atomic E-state index is 12.1. The highest BCUT2D eigenvalue weighted by Crippen LogP contribution is 2.29. The van der Waals surface area contributed by atoms with Crippen LogP contribution in [-0.4, -0.2) is 37.5 Å². The van der Waals surface area contributed by atoms with Crippen molar-refractivity contribution in [3.63, 3.8) is 0 Å². The summed E-state index contributed by atoms with van der Waals surface area (Å²) in [6.45, 7) is 2.49. The number of amides is 1. The number of carbonyl (C=O) groups is 1. The summed E-state index contributed by atoms with van der Waals surface area (Å²) >= 11 is 1.40. The third kappa shape index (κ3) is 6.25. The molecule has 0 aliphatic heterocycles. The molecule has 2 aromatic rings. The van der Waals surface area contributed by atoms with Crippen molar-refractivity contribution >= 4 is 23.4 Å². The van der Waals surface area contributed by atoms with Crippen LogP contribution in [0.5, 0.6) is 17.2 Å². The van der Waals surface area contributed by atoms with Crippen LogP contribution in [0.25, 0.3) is 0 Å². The van der Waals surface area contributed by atoms with E-state index in [0.717, 1.165) is 12.1 Å². The van der Waals surface area contributed by atoms with E-state index in [1.165, 1.54) is 17.8 Å². The second kappa shape index (κ2) is 10.5. The predicted octanol–water partition coefficient (Wildman–Crippen LogP) is 3.05. The molecule has 0 aliphatic rings. The number of thioether (sulfide) groups is 1. The second-order valence-corrected chi connectivity index (χ2v) is 6.63. The molecule has 0 spiro atoms. The fraction of sp³-hybridized carbons (Fsp3) is 0.368. The van der Waals surface area contributed by atoms with Crippen molar-refractivity contribution in [2.24, 2.45) is 0 Å². The number of H-pyrrole nitrogens is 1. The summed E-state index contributed by atoms with van der Waals surface area (Å²) in [7, 11) is 3.10. The molecule has 7 nitrogen and oxygen atoms in total. The van der Waals surface area contributed by atoms with Crippen LogP contribution in [0.1, 0.15) is 19.0 Å². The van der Waals surface area contributed by atoms with Crippen molar-refractivity contribution in [1.29, 1.82) is 0 Å². The normalized spacial score (nSPS) is 10.3. The van der Waals surface area contributed by atoms with Gasteiger partial charge in [0.1, 0.15) is 0 Å². The Kier molecular flexibility index (Phi) is 8.06. The maximum atomic E-state index is 12.1. The second-order valence-electron chi connectivity index (χ2n) is 5.65. The van der Waals surface area contributed by atoms with Crippen LogP contribution in [0.4, 0.5) is 5.69 Å². The standard InChI is InChI=1S/C19H24N2O5S/c1-4-7-26-18-10-20-14(8-15(18)22)11-27-12-19(23)21-13-5-6-16(24-2)17(9-13)25-3/h5-6,8-10H,4,7,11-12H2,1-3H3,(H,20,22)(H,21,23). The van der Waals surface area contributed by atoms with Gasteiger partial charge in [-0.3, -0.25) is 9.59 Å². The molecule has 8 heteroatoms. The molecule has 1 amide bonds. The molecule has 0 fully saturated rings. The number of rotatable bonds is 10. The average molecular weight is 392 g/mol. The Morgan fingerprint density at radius 1 is 1.15 bits per heavy atom. The highest BCUT2D eigenvalue weighted by molar-refractivity contribution is 7.99. The number of carbonyl (C=O) groups excluding carboxylic acids is 1. The number of hydrogen-bond donors (Lipinski definition) is 2. The number of nitrogens with one attached hydrogen (secondary N) is 2. The Morgan fingerprint density at radius 2 is 1.93 bits per heavy atom. The van der Waals surface area contributed by atoms with Gasteiger partial charge in [-0.25, -0.2) is 0 Å². The van der Waals surface area contributed by atoms with E-state index in [4.69, 9.17) is 14.2 Å². The summed E-state index contributed by atoms with van der Waals surface area (Å²) in [5.41, 5.74) is 1.21. The molecule has 0 bridgehead atoms. The Balaban J connectivity index is 1.84. The zero-order valence-electron chi connectivity index (χ0n) is 15.7. The SMILES string of the molecule is CCCOc1c[nH]c(CSCC(=O)Nc2ccc(OC)c(OC)c2)cc1=O. The molecule has 0 aliphatic carbocycles. The van der Waals surface area contributed by atoms with Crippen molar-refractivity contribution < 1.29 is 19.0 Å². The van der Waals surface area contributed by atoms with Gasteiger partial charge in [0.2, 0.25) is 11.3 Å². The van der Waals surface area contributed by atoms with Gasteiger partial charge in [-0.2, -0.15) is 0 Å². The summed E-state index contributed by atoms with van der Waals surface area (Å²) in [6.07, 6.45) is 2.41. The van der Waals surface area contributed by atoms with Crippen molar-refractivity contribution in [2.45, 2.75) is 19.1 Å². The number of aromatic amines is 1. The summed E-state index contributed by atoms with van der Waals surface area (Å²) in [6, 6.07) is 6.68. The van der Waals surface area contributed by atoms with E-state index in [0.29, 0.717) is 35.3 Å². The van der Waals surface area contributed by atoms with Crippen LogP contribution in [0.15, 0.2) is 35.3 Å². The minimum Gasteiger partial charge on any atom is -0.493 e. The predicted molar refractivity (Wildman–Crippen MR) is 107 cm³/mol. The van der Waals surface area contributed by atoms with Crippen molar-refractivity contribution in [3.05, 3.63) is 46.4 Å². The Hall–Kier alpha value is -2.61. The van der Waals surface area contributed by atoms with E-state index in [1.807, 2.05) is 6.92 Å². The lowest BCUT2D eigenvalue weighted by molar-refractivity contribution is -0.113. The van der Waals surface area contributed by atoms with Crippen molar-refractivity contribution in [3.8, 4) is 17.2 Å². The van der Waals surface area contributed by atoms with Gasteiger partial charge in [0.05, 0.1) is 26.6 Å². The summed E-state index contributed by atoms with van der Waals surface area (Å²) in [4.78, 5) is 27.1. The van der Waals surface area contributed by atoms with Crippen LogP contribution in [0.2, 0.25) is 0 Å². The number of aromatic nitrogens is 1. The number of hydrogen-bond acceptors (Lipinski definition) is 6. The topological polar surface area (TPSA) is 89.7 Å². The van der Waals surface area contributed by atoms with Gasteiger partial charge in [0.15, 0.2) is 17.2 Å². The Bertz CT molecular complexity index is 822. The molecule has 0 saturated carbocycles. The first-order valence-corrected chi connectivity index (χ1v) is 9.66. The first kappa shape index (κ1) is 20.7. The molecule has 0 unspecified atom stereocenters. The first-order valence-electron chi connectivity index (χ1n) is 8.51. The van der Waals surface area contributed by atoms with Crippen molar-refractivity contribution in [1.82, 2.24) is 4.98 Å². The Morgan fingerprint density at radius 3 is 2.59 bits per heavy atom. The van der Waals surface area contributed by atoms with Crippen LogP contribution >= 0.6 is 11.8 Å². The van der Waals surface area contributed by atoms with Gasteiger partial charge in [-0.05, 0) is 18.6 Å². The van der Waals surface area contributed by atoms with Crippen LogP contribution in [-0.2, 0) is 10.5 Å². The lowest BCUT2D eigenvalue weighted by atomic mass is 10.2. The molecular formula is C19H24N2O5S. The molecule has 2 rings (SSSR count). The van der Waals surface area contributed by atoms with Crippen LogP contribution < -0.4 is 25.0 Å². The number of pyridine rings is 1. The molecule has 2 N–H and O–H groups in total. The third-order valence-corrected chi connectivity index (χ3v) is 4.54. The molecule has 1 aromatic heterocycles. The Labute approximate surface area is 162 Å². The van der Waals surface area contributed by atoms with Crippen LogP contribution in [0.3, 0.4) is 0 Å². The van der Waals surface area contributed by atoms with E-state index in [2.05, 4.69) is 10.3 Å². The molecule has 0 atom stereocenters. The molecule has 0 radical (unpaired) electrons. The number of methoxy groups -OCH3 is 2. The summed E-state index contributed by atoms with van der Waals surface area (Å²) in [5.74, 6) is 2.09. The monoisotopic (exact) mass is 392 g/mol. The van der Waals surface area contributed by atoms with Gasteiger partial charge in [0.25, 0.3) is 0 Å². The fourth-order valence-electron chi connectivity index (χ4n) is 2.27. The maximum Gasteiger partial charge on any atom is 0.234 e. The van der Waals surface area contributed by atoms with Gasteiger partial charge >= 0.3 is 0 Å². The number of ether oxygens (including phenoxy) is 3. The zero-order chi connectivity index (χ0) is 19.6. The lowest BCUT2D eigenvalue weighted by Gasteiger charge is -2.10. The molecule has 1 aromatic carbocycles. The largest absolute Gasteiger partial charge is 0.493 e. The van der Waals surface area contributed by atoms with E-state index >= 15 is 0 Å². The summed E-state index contributed by atoms with van der Waals surface area (Å²) < 4.78 is 15.7. The van der Waals surface area contributed by atoms with Crippen molar-refractivity contribution in [2.75, 3.05) is 31.9 Å². The first-order chi connectivity index (χ1) is 13.1. The minimum atomic E-state index is -0.160. The zero-order valence-corrected chi connectivity index (χ0v) is 16.5. The van der Waals surface area contributed by atoms with E-state index in [9.17, 15) is 9.59 Å². The quantitative estimate of drug-likeness (QED) is 0.646. The van der Waals surface area contributed by atoms with Gasteiger partial charge < -0.3 is 24.5 Å². The molecule has 27 heavy (non-hydrogen) atoms. The van der Waals surface area contributed by atoms with E-state index < -0.39 is 0 Å². The molecule has 1 heterocycles. The highest BCUT2D eigenvalue weighted by atomic mass is 32.2. The van der Waals surface area contributed by atoms with Gasteiger partial charge in [-0.15, -0.1) is 11.8 Å². The van der Waals surface area contributed by atoms with E-state index in [-0.39, 0.29) is 17.1 Å². The van der Waals surface area contributed by atoms with Gasteiger partial charge in [-0.1, -0.05) is 6.92 Å².